The summed E-state index contributed by atoms with van der Waals surface area (Å²) < 4.78 is 0. The van der Waals surface area contributed by atoms with Crippen molar-refractivity contribution in [2.45, 2.75) is 13.8 Å². The Balaban J connectivity index is 1.16. The van der Waals surface area contributed by atoms with Crippen LogP contribution in [0.5, 0.6) is 0 Å². The van der Waals surface area contributed by atoms with Crippen molar-refractivity contribution >= 4 is 57.8 Å². The van der Waals surface area contributed by atoms with Crippen LogP contribution in [-0.2, 0) is 9.59 Å². The number of rotatable bonds is 4. The summed E-state index contributed by atoms with van der Waals surface area (Å²) in [6.07, 6.45) is 7.93. The Hall–Kier alpha value is -3.62. The number of piperazine rings is 1. The standard InChI is InChI=1S/C30H28N4O2S2/c1-21(17-23-9-5-3-6-10-23)19-25-27(35)31-29(37-25)33-13-15-34(16-14-33)30-32-28(36)26(38-30)20-22(2)18-24-11-7-4-8-12-24/h3-12,17-20H,13-16H2,1-2H3. The third kappa shape index (κ3) is 6.44. The minimum atomic E-state index is -0.191. The summed E-state index contributed by atoms with van der Waals surface area (Å²) in [5.74, 6) is -0.383. The molecule has 0 atom stereocenters. The molecule has 6 nitrogen and oxygen atoms in total. The van der Waals surface area contributed by atoms with Crippen molar-refractivity contribution in [3.05, 3.63) is 105 Å². The molecule has 5 rings (SSSR count). The van der Waals surface area contributed by atoms with Crippen molar-refractivity contribution < 1.29 is 9.59 Å². The van der Waals surface area contributed by atoms with Gasteiger partial charge in [-0.05, 0) is 71.8 Å². The molecule has 0 bridgehead atoms. The zero-order chi connectivity index (χ0) is 26.5. The number of amidine groups is 2. The second kappa shape index (κ2) is 11.8. The third-order valence-electron chi connectivity index (χ3n) is 6.14. The number of carbonyl (C=O) groups excluding carboxylic acids is 2. The normalized spacial score (nSPS) is 21.0. The summed E-state index contributed by atoms with van der Waals surface area (Å²) in [5.41, 5.74) is 4.21. The van der Waals surface area contributed by atoms with E-state index in [1.807, 2.05) is 86.7 Å². The van der Waals surface area contributed by atoms with Gasteiger partial charge in [0.2, 0.25) is 0 Å². The van der Waals surface area contributed by atoms with Crippen LogP contribution in [0, 0.1) is 0 Å². The van der Waals surface area contributed by atoms with Crippen LogP contribution >= 0.6 is 23.5 Å². The fraction of sp³-hybridized carbons (Fsp3) is 0.200. The van der Waals surface area contributed by atoms with Crippen LogP contribution in [0.4, 0.5) is 0 Å². The van der Waals surface area contributed by atoms with Crippen LogP contribution in [0.2, 0.25) is 0 Å². The first-order valence-corrected chi connectivity index (χ1v) is 14.1. The van der Waals surface area contributed by atoms with Gasteiger partial charge in [-0.3, -0.25) is 9.59 Å². The van der Waals surface area contributed by atoms with Gasteiger partial charge in [0.1, 0.15) is 0 Å². The fourth-order valence-corrected chi connectivity index (χ4v) is 6.31. The minimum Gasteiger partial charge on any atom is -0.347 e. The molecule has 1 saturated heterocycles. The van der Waals surface area contributed by atoms with Gasteiger partial charge in [-0.15, -0.1) is 0 Å². The molecule has 8 heteroatoms. The lowest BCUT2D eigenvalue weighted by Gasteiger charge is -2.35. The Morgan fingerprint density at radius 1 is 0.658 bits per heavy atom. The van der Waals surface area contributed by atoms with Crippen molar-refractivity contribution in [3.8, 4) is 0 Å². The van der Waals surface area contributed by atoms with Gasteiger partial charge in [-0.2, -0.15) is 9.98 Å². The highest BCUT2D eigenvalue weighted by Crippen LogP contribution is 2.33. The number of hydrogen-bond acceptors (Lipinski definition) is 6. The molecule has 3 aliphatic rings. The van der Waals surface area contributed by atoms with Crippen molar-refractivity contribution in [2.24, 2.45) is 9.98 Å². The lowest BCUT2D eigenvalue weighted by atomic mass is 10.1. The Morgan fingerprint density at radius 3 is 1.39 bits per heavy atom. The van der Waals surface area contributed by atoms with Gasteiger partial charge in [0.25, 0.3) is 11.8 Å². The van der Waals surface area contributed by atoms with Gasteiger partial charge >= 0.3 is 0 Å². The molecular weight excluding hydrogens is 512 g/mol. The summed E-state index contributed by atoms with van der Waals surface area (Å²) in [5, 5.41) is 1.49. The summed E-state index contributed by atoms with van der Waals surface area (Å²) in [6.45, 7) is 6.84. The van der Waals surface area contributed by atoms with E-state index in [4.69, 9.17) is 0 Å². The molecule has 0 unspecified atom stereocenters. The first kappa shape index (κ1) is 26.0. The third-order valence-corrected chi connectivity index (χ3v) is 8.23. The molecule has 0 N–H and O–H groups in total. The monoisotopic (exact) mass is 540 g/mol. The average molecular weight is 541 g/mol. The molecule has 0 aliphatic carbocycles. The highest BCUT2D eigenvalue weighted by atomic mass is 32.2. The van der Waals surface area contributed by atoms with E-state index in [0.29, 0.717) is 36.0 Å². The van der Waals surface area contributed by atoms with Crippen molar-refractivity contribution in [2.75, 3.05) is 26.2 Å². The smallest absolute Gasteiger partial charge is 0.286 e. The van der Waals surface area contributed by atoms with E-state index in [1.54, 1.807) is 0 Å². The highest BCUT2D eigenvalue weighted by molar-refractivity contribution is 8.18. The lowest BCUT2D eigenvalue weighted by Crippen LogP contribution is -2.49. The number of benzene rings is 2. The van der Waals surface area contributed by atoms with Crippen LogP contribution in [-0.4, -0.2) is 58.1 Å². The van der Waals surface area contributed by atoms with Crippen molar-refractivity contribution in [1.29, 1.82) is 0 Å². The maximum Gasteiger partial charge on any atom is 0.286 e. The molecule has 192 valence electrons. The largest absolute Gasteiger partial charge is 0.347 e. The van der Waals surface area contributed by atoms with E-state index < -0.39 is 0 Å². The Bertz CT molecular complexity index is 1310. The van der Waals surface area contributed by atoms with E-state index in [-0.39, 0.29) is 11.8 Å². The highest BCUT2D eigenvalue weighted by Gasteiger charge is 2.32. The summed E-state index contributed by atoms with van der Waals surface area (Å²) in [7, 11) is 0. The van der Waals surface area contributed by atoms with E-state index in [1.165, 1.54) is 23.5 Å². The predicted molar refractivity (Wildman–Crippen MR) is 160 cm³/mol. The van der Waals surface area contributed by atoms with Gasteiger partial charge in [0, 0.05) is 26.2 Å². The van der Waals surface area contributed by atoms with E-state index >= 15 is 0 Å². The van der Waals surface area contributed by atoms with Gasteiger partial charge < -0.3 is 9.80 Å². The molecule has 3 heterocycles. The van der Waals surface area contributed by atoms with Crippen LogP contribution in [0.3, 0.4) is 0 Å². The number of aliphatic imine (C=N–C) groups is 2. The van der Waals surface area contributed by atoms with Crippen LogP contribution < -0.4 is 0 Å². The molecule has 0 spiro atoms. The summed E-state index contributed by atoms with van der Waals surface area (Å²) in [6, 6.07) is 20.1. The number of amides is 2. The molecular formula is C30H28N4O2S2. The quantitative estimate of drug-likeness (QED) is 0.454. The van der Waals surface area contributed by atoms with Crippen LogP contribution in [0.25, 0.3) is 12.2 Å². The summed E-state index contributed by atoms with van der Waals surface area (Å²) >= 11 is 2.86. The first-order valence-electron chi connectivity index (χ1n) is 12.5. The molecule has 0 saturated carbocycles. The van der Waals surface area contributed by atoms with E-state index in [0.717, 1.165) is 32.6 Å². The molecule has 2 amide bonds. The number of allylic oxidation sites excluding steroid dienone is 4. The first-order chi connectivity index (χ1) is 18.4. The summed E-state index contributed by atoms with van der Waals surface area (Å²) in [4.78, 5) is 39.3. The van der Waals surface area contributed by atoms with Crippen molar-refractivity contribution in [3.63, 3.8) is 0 Å². The zero-order valence-electron chi connectivity index (χ0n) is 21.3. The molecule has 2 aromatic rings. The molecule has 3 aliphatic heterocycles. The Labute approximate surface area is 231 Å². The Morgan fingerprint density at radius 2 is 1.03 bits per heavy atom. The van der Waals surface area contributed by atoms with Gasteiger partial charge in [-0.1, -0.05) is 72.8 Å². The average Bonchev–Trinajstić information content (AvgIpc) is 3.47. The molecule has 2 aromatic carbocycles. The number of thioether (sulfide) groups is 2. The molecule has 1 fully saturated rings. The number of hydrogen-bond donors (Lipinski definition) is 0. The van der Waals surface area contributed by atoms with Gasteiger partial charge in [0.15, 0.2) is 10.3 Å². The van der Waals surface area contributed by atoms with Gasteiger partial charge in [-0.25, -0.2) is 0 Å². The second-order valence-corrected chi connectivity index (χ2v) is 11.2. The molecule has 0 radical (unpaired) electrons. The number of nitrogens with zero attached hydrogens (tertiary/aromatic N) is 4. The van der Waals surface area contributed by atoms with Gasteiger partial charge in [0.05, 0.1) is 9.81 Å². The topological polar surface area (TPSA) is 65.3 Å². The SMILES string of the molecule is CC(=Cc1ccccc1)C=C1SC(N2CCN(C3=NC(=O)C(=CC(C)=Cc4ccccc4)S3)CC2)=NC1=O. The van der Waals surface area contributed by atoms with E-state index in [2.05, 4.69) is 31.9 Å². The number of carbonyl (C=O) groups is 2. The maximum atomic E-state index is 12.6. The predicted octanol–water partition coefficient (Wildman–Crippen LogP) is 5.84. The van der Waals surface area contributed by atoms with E-state index in [9.17, 15) is 9.59 Å². The molecule has 38 heavy (non-hydrogen) atoms. The maximum absolute atomic E-state index is 12.6. The lowest BCUT2D eigenvalue weighted by molar-refractivity contribution is -0.114. The van der Waals surface area contributed by atoms with Crippen molar-refractivity contribution in [1.82, 2.24) is 9.80 Å². The van der Waals surface area contributed by atoms with Crippen LogP contribution in [0.1, 0.15) is 25.0 Å². The fourth-order valence-electron chi connectivity index (χ4n) is 4.28. The van der Waals surface area contributed by atoms with Crippen LogP contribution in [0.15, 0.2) is 104 Å². The minimum absolute atomic E-state index is 0.191. The zero-order valence-corrected chi connectivity index (χ0v) is 23.0. The second-order valence-electron chi connectivity index (χ2n) is 9.19. The Kier molecular flexibility index (Phi) is 8.10. The molecule has 0 aromatic heterocycles.